The van der Waals surface area contributed by atoms with Crippen molar-refractivity contribution >= 4 is 11.9 Å². The van der Waals surface area contributed by atoms with Crippen LogP contribution in [0, 0.1) is 0 Å². The highest BCUT2D eigenvalue weighted by Gasteiger charge is 2.06. The van der Waals surface area contributed by atoms with Crippen molar-refractivity contribution in [3.8, 4) is 11.5 Å². The summed E-state index contributed by atoms with van der Waals surface area (Å²) in [4.78, 5) is 23.2. The molecule has 6 heteroatoms. The second kappa shape index (κ2) is 10.1. The van der Waals surface area contributed by atoms with Crippen LogP contribution in [0.25, 0.3) is 0 Å². The van der Waals surface area contributed by atoms with E-state index in [1.165, 1.54) is 7.11 Å². The van der Waals surface area contributed by atoms with Crippen LogP contribution in [0.15, 0.2) is 48.5 Å². The standard InChI is InChI=1S/C20H23NO5/c1-3-25-17-8-10-18(11-9-17)26-13-12-19(22)21-14-15-4-6-16(7-5-15)20(23)24-2/h4-11H,3,12-14H2,1-2H3,(H,21,22). The van der Waals surface area contributed by atoms with Crippen molar-refractivity contribution in [1.29, 1.82) is 0 Å². The molecule has 2 aromatic carbocycles. The van der Waals surface area contributed by atoms with Crippen LogP contribution in [-0.2, 0) is 16.1 Å². The van der Waals surface area contributed by atoms with Crippen LogP contribution in [0.4, 0.5) is 0 Å². The second-order valence-electron chi connectivity index (χ2n) is 5.47. The first-order chi connectivity index (χ1) is 12.6. The molecule has 0 saturated carbocycles. The molecule has 0 radical (unpaired) electrons. The van der Waals surface area contributed by atoms with Gasteiger partial charge in [-0.1, -0.05) is 12.1 Å². The van der Waals surface area contributed by atoms with E-state index in [-0.39, 0.29) is 18.3 Å². The van der Waals surface area contributed by atoms with Crippen LogP contribution >= 0.6 is 0 Å². The molecule has 138 valence electrons. The largest absolute Gasteiger partial charge is 0.494 e. The normalized spacial score (nSPS) is 10.1. The van der Waals surface area contributed by atoms with Gasteiger partial charge in [0.1, 0.15) is 11.5 Å². The van der Waals surface area contributed by atoms with E-state index in [0.717, 1.165) is 11.3 Å². The van der Waals surface area contributed by atoms with Crippen molar-refractivity contribution in [2.24, 2.45) is 0 Å². The van der Waals surface area contributed by atoms with Crippen molar-refractivity contribution in [2.45, 2.75) is 19.9 Å². The molecule has 0 atom stereocenters. The highest BCUT2D eigenvalue weighted by molar-refractivity contribution is 5.89. The fraction of sp³-hybridized carbons (Fsp3) is 0.300. The minimum absolute atomic E-state index is 0.104. The van der Waals surface area contributed by atoms with E-state index >= 15 is 0 Å². The van der Waals surface area contributed by atoms with Gasteiger partial charge in [-0.15, -0.1) is 0 Å². The molecule has 0 aromatic heterocycles. The quantitative estimate of drug-likeness (QED) is 0.699. The molecule has 1 N–H and O–H groups in total. The second-order valence-corrected chi connectivity index (χ2v) is 5.47. The molecule has 0 spiro atoms. The topological polar surface area (TPSA) is 73.9 Å². The molecule has 0 heterocycles. The molecule has 2 aromatic rings. The molecule has 0 fully saturated rings. The first-order valence-corrected chi connectivity index (χ1v) is 8.42. The Morgan fingerprint density at radius 2 is 1.54 bits per heavy atom. The van der Waals surface area contributed by atoms with Gasteiger partial charge >= 0.3 is 5.97 Å². The number of rotatable bonds is 9. The van der Waals surface area contributed by atoms with Crippen molar-refractivity contribution in [1.82, 2.24) is 5.32 Å². The number of benzene rings is 2. The maximum absolute atomic E-state index is 11.9. The lowest BCUT2D eigenvalue weighted by Crippen LogP contribution is -2.24. The molecular weight excluding hydrogens is 334 g/mol. The van der Waals surface area contributed by atoms with Crippen LogP contribution in [0.1, 0.15) is 29.3 Å². The third-order valence-electron chi connectivity index (χ3n) is 3.60. The number of ether oxygens (including phenoxy) is 3. The Hall–Kier alpha value is -3.02. The van der Waals surface area contributed by atoms with Gasteiger partial charge in [0.05, 0.1) is 32.3 Å². The summed E-state index contributed by atoms with van der Waals surface area (Å²) in [5, 5.41) is 2.82. The molecule has 0 unspecified atom stereocenters. The molecule has 0 saturated heterocycles. The van der Waals surface area contributed by atoms with Crippen LogP contribution in [0.5, 0.6) is 11.5 Å². The van der Waals surface area contributed by atoms with E-state index in [1.807, 2.05) is 31.2 Å². The summed E-state index contributed by atoms with van der Waals surface area (Å²) in [6.45, 7) is 3.23. The zero-order valence-electron chi connectivity index (χ0n) is 15.0. The monoisotopic (exact) mass is 357 g/mol. The summed E-state index contributed by atoms with van der Waals surface area (Å²) in [5.74, 6) is 0.996. The van der Waals surface area contributed by atoms with Crippen molar-refractivity contribution < 1.29 is 23.8 Å². The molecule has 0 aliphatic heterocycles. The molecule has 2 rings (SSSR count). The van der Waals surface area contributed by atoms with E-state index < -0.39 is 0 Å². The van der Waals surface area contributed by atoms with E-state index in [4.69, 9.17) is 9.47 Å². The van der Waals surface area contributed by atoms with Gasteiger partial charge < -0.3 is 19.5 Å². The van der Waals surface area contributed by atoms with Gasteiger partial charge in [-0.3, -0.25) is 4.79 Å². The number of hydrogen-bond acceptors (Lipinski definition) is 5. The lowest BCUT2D eigenvalue weighted by Gasteiger charge is -2.09. The van der Waals surface area contributed by atoms with Crippen LogP contribution in [0.3, 0.4) is 0 Å². The van der Waals surface area contributed by atoms with E-state index in [1.54, 1.807) is 24.3 Å². The van der Waals surface area contributed by atoms with Gasteiger partial charge in [0.15, 0.2) is 0 Å². The lowest BCUT2D eigenvalue weighted by molar-refractivity contribution is -0.121. The molecule has 0 aliphatic rings. The summed E-state index contributed by atoms with van der Waals surface area (Å²) in [6, 6.07) is 14.2. The number of carbonyl (C=O) groups excluding carboxylic acids is 2. The van der Waals surface area contributed by atoms with Gasteiger partial charge in [0, 0.05) is 6.54 Å². The first-order valence-electron chi connectivity index (χ1n) is 8.42. The zero-order valence-corrected chi connectivity index (χ0v) is 15.0. The van der Waals surface area contributed by atoms with Crippen LogP contribution in [0.2, 0.25) is 0 Å². The number of hydrogen-bond donors (Lipinski definition) is 1. The Kier molecular flexibility index (Phi) is 7.49. The number of carbonyl (C=O) groups is 2. The van der Waals surface area contributed by atoms with E-state index in [0.29, 0.717) is 31.1 Å². The molecule has 0 aliphatic carbocycles. The predicted octanol–water partition coefficient (Wildman–Crippen LogP) is 2.96. The molecule has 6 nitrogen and oxygen atoms in total. The average molecular weight is 357 g/mol. The fourth-order valence-electron chi connectivity index (χ4n) is 2.23. The molecule has 1 amide bonds. The maximum atomic E-state index is 11.9. The summed E-state index contributed by atoms with van der Waals surface area (Å²) in [7, 11) is 1.34. The number of esters is 1. The van der Waals surface area contributed by atoms with Gasteiger partial charge in [-0.05, 0) is 48.9 Å². The van der Waals surface area contributed by atoms with Gasteiger partial charge in [-0.25, -0.2) is 4.79 Å². The van der Waals surface area contributed by atoms with E-state index in [2.05, 4.69) is 10.1 Å². The summed E-state index contributed by atoms with van der Waals surface area (Å²) < 4.78 is 15.6. The highest BCUT2D eigenvalue weighted by atomic mass is 16.5. The van der Waals surface area contributed by atoms with Gasteiger partial charge in [-0.2, -0.15) is 0 Å². The summed E-state index contributed by atoms with van der Waals surface area (Å²) in [6.07, 6.45) is 0.257. The number of methoxy groups -OCH3 is 1. The Labute approximate surface area is 153 Å². The Morgan fingerprint density at radius 3 is 2.12 bits per heavy atom. The minimum Gasteiger partial charge on any atom is -0.494 e. The van der Waals surface area contributed by atoms with Gasteiger partial charge in [0.2, 0.25) is 5.91 Å². The van der Waals surface area contributed by atoms with Crippen molar-refractivity contribution in [2.75, 3.05) is 20.3 Å². The predicted molar refractivity (Wildman–Crippen MR) is 97.4 cm³/mol. The van der Waals surface area contributed by atoms with Crippen LogP contribution in [-0.4, -0.2) is 32.2 Å². The van der Waals surface area contributed by atoms with Crippen LogP contribution < -0.4 is 14.8 Å². The maximum Gasteiger partial charge on any atom is 0.337 e. The van der Waals surface area contributed by atoms with E-state index in [9.17, 15) is 9.59 Å². The minimum atomic E-state index is -0.382. The SMILES string of the molecule is CCOc1ccc(OCCC(=O)NCc2ccc(C(=O)OC)cc2)cc1. The lowest BCUT2D eigenvalue weighted by atomic mass is 10.1. The molecule has 26 heavy (non-hydrogen) atoms. The zero-order chi connectivity index (χ0) is 18.8. The smallest absolute Gasteiger partial charge is 0.337 e. The van der Waals surface area contributed by atoms with Gasteiger partial charge in [0.25, 0.3) is 0 Å². The highest BCUT2D eigenvalue weighted by Crippen LogP contribution is 2.17. The third-order valence-corrected chi connectivity index (χ3v) is 3.60. The summed E-state index contributed by atoms with van der Waals surface area (Å²) in [5.41, 5.74) is 1.38. The molecular formula is C20H23NO5. The summed E-state index contributed by atoms with van der Waals surface area (Å²) >= 11 is 0. The number of nitrogens with one attached hydrogen (secondary N) is 1. The van der Waals surface area contributed by atoms with Crippen molar-refractivity contribution in [3.63, 3.8) is 0 Å². The van der Waals surface area contributed by atoms with Crippen molar-refractivity contribution in [3.05, 3.63) is 59.7 Å². The Morgan fingerprint density at radius 1 is 0.923 bits per heavy atom. The first kappa shape index (κ1) is 19.3. The average Bonchev–Trinajstić information content (AvgIpc) is 2.68. The molecule has 0 bridgehead atoms. The fourth-order valence-corrected chi connectivity index (χ4v) is 2.23. The Bertz CT molecular complexity index is 710. The Balaban J connectivity index is 1.69. The third kappa shape index (κ3) is 6.12. The number of amides is 1.